The van der Waals surface area contributed by atoms with Crippen LogP contribution >= 0.6 is 0 Å². The van der Waals surface area contributed by atoms with Gasteiger partial charge < -0.3 is 9.84 Å². The van der Waals surface area contributed by atoms with Crippen LogP contribution in [0.2, 0.25) is 0 Å². The highest BCUT2D eigenvalue weighted by Crippen LogP contribution is 2.48. The van der Waals surface area contributed by atoms with Crippen molar-refractivity contribution in [1.82, 2.24) is 4.98 Å². The molecule has 1 aromatic heterocycles. The largest absolute Gasteiger partial charge is 0.497 e. The van der Waals surface area contributed by atoms with E-state index in [9.17, 15) is 18.3 Å². The summed E-state index contributed by atoms with van der Waals surface area (Å²) in [6.45, 7) is 1.83. The summed E-state index contributed by atoms with van der Waals surface area (Å²) in [5, 5.41) is 11.8. The van der Waals surface area contributed by atoms with E-state index in [-0.39, 0.29) is 0 Å². The summed E-state index contributed by atoms with van der Waals surface area (Å²) in [5.41, 5.74) is -0.743. The van der Waals surface area contributed by atoms with Crippen molar-refractivity contribution in [1.29, 1.82) is 0 Å². The van der Waals surface area contributed by atoms with Crippen molar-refractivity contribution < 1.29 is 23.0 Å². The molecule has 0 saturated heterocycles. The van der Waals surface area contributed by atoms with Crippen LogP contribution in [-0.4, -0.2) is 29.0 Å². The molecule has 31 heavy (non-hydrogen) atoms. The minimum atomic E-state index is -4.77. The highest BCUT2D eigenvalue weighted by Gasteiger charge is 2.57. The van der Waals surface area contributed by atoms with Gasteiger partial charge in [-0.15, -0.1) is 0 Å². The van der Waals surface area contributed by atoms with Crippen LogP contribution in [0.4, 0.5) is 13.2 Å². The van der Waals surface area contributed by atoms with Crippen molar-refractivity contribution in [2.75, 3.05) is 7.11 Å². The molecular formula is C25H26F3NO2. The van der Waals surface area contributed by atoms with Crippen molar-refractivity contribution in [3.8, 4) is 5.75 Å². The fourth-order valence-corrected chi connectivity index (χ4v) is 5.01. The first-order chi connectivity index (χ1) is 14.7. The maximum absolute atomic E-state index is 14.3. The van der Waals surface area contributed by atoms with Crippen LogP contribution in [0.15, 0.2) is 54.7 Å². The lowest BCUT2D eigenvalue weighted by Gasteiger charge is -2.43. The third-order valence-electron chi connectivity index (χ3n) is 6.57. The number of ether oxygens (including phenoxy) is 1. The lowest BCUT2D eigenvalue weighted by Crippen LogP contribution is -2.52. The van der Waals surface area contributed by atoms with E-state index in [1.807, 2.05) is 19.1 Å². The fraction of sp³-hybridized carbons (Fsp3) is 0.400. The quantitative estimate of drug-likeness (QED) is 0.560. The van der Waals surface area contributed by atoms with Gasteiger partial charge in [0, 0.05) is 18.0 Å². The van der Waals surface area contributed by atoms with E-state index in [2.05, 4.69) is 4.98 Å². The van der Waals surface area contributed by atoms with Gasteiger partial charge in [0.2, 0.25) is 0 Å². The van der Waals surface area contributed by atoms with E-state index in [0.29, 0.717) is 28.6 Å². The zero-order valence-electron chi connectivity index (χ0n) is 17.7. The van der Waals surface area contributed by atoms with Gasteiger partial charge in [-0.3, -0.25) is 4.98 Å². The number of aliphatic hydroxyl groups is 1. The maximum atomic E-state index is 14.3. The minimum Gasteiger partial charge on any atom is -0.497 e. The van der Waals surface area contributed by atoms with Crippen LogP contribution in [0.3, 0.4) is 0 Å². The van der Waals surface area contributed by atoms with Gasteiger partial charge in [0.25, 0.3) is 0 Å². The number of hydrogen-bond donors (Lipinski definition) is 1. The van der Waals surface area contributed by atoms with E-state index >= 15 is 0 Å². The highest BCUT2D eigenvalue weighted by molar-refractivity contribution is 5.81. The smallest absolute Gasteiger partial charge is 0.417 e. The Morgan fingerprint density at radius 2 is 1.90 bits per heavy atom. The SMILES string of the molecule is COc1ccc2c(c1)CCCC2(C)CC(O)(Cc1ccnc2ccccc12)C(F)(F)F. The molecule has 3 aromatic rings. The number of nitrogens with zero attached hydrogens (tertiary/aromatic N) is 1. The van der Waals surface area contributed by atoms with Crippen molar-refractivity contribution in [2.45, 2.75) is 56.2 Å². The van der Waals surface area contributed by atoms with Crippen molar-refractivity contribution >= 4 is 10.9 Å². The van der Waals surface area contributed by atoms with E-state index in [0.717, 1.165) is 24.0 Å². The van der Waals surface area contributed by atoms with E-state index < -0.39 is 30.0 Å². The van der Waals surface area contributed by atoms with Crippen LogP contribution < -0.4 is 4.74 Å². The number of para-hydroxylation sites is 1. The van der Waals surface area contributed by atoms with Crippen molar-refractivity contribution in [3.63, 3.8) is 0 Å². The molecule has 0 spiro atoms. The number of halogens is 3. The zero-order chi connectivity index (χ0) is 22.3. The molecule has 1 aliphatic rings. The number of alkyl halides is 3. The normalized spacial score (nSPS) is 20.8. The summed E-state index contributed by atoms with van der Waals surface area (Å²) in [7, 11) is 1.57. The van der Waals surface area contributed by atoms with Crippen LogP contribution in [0, 0.1) is 0 Å². The number of aromatic nitrogens is 1. The summed E-state index contributed by atoms with van der Waals surface area (Å²) >= 11 is 0. The van der Waals surface area contributed by atoms with Crippen LogP contribution in [0.25, 0.3) is 10.9 Å². The molecule has 1 aliphatic carbocycles. The standard InChI is InChI=1S/C25H26F3NO2/c1-23(12-5-6-17-14-19(31-2)9-10-21(17)23)16-24(30,25(26,27)28)15-18-11-13-29-22-8-4-3-7-20(18)22/h3-4,7-11,13-14,30H,5-6,12,15-16H2,1-2H3. The summed E-state index contributed by atoms with van der Waals surface area (Å²) in [6.07, 6.45) is -2.05. The molecular weight excluding hydrogens is 403 g/mol. The van der Waals surface area contributed by atoms with Gasteiger partial charge in [0.15, 0.2) is 5.60 Å². The second-order valence-electron chi connectivity index (χ2n) is 8.81. The Morgan fingerprint density at radius 3 is 2.65 bits per heavy atom. The van der Waals surface area contributed by atoms with Gasteiger partial charge in [-0.05, 0) is 72.1 Å². The van der Waals surface area contributed by atoms with Crippen molar-refractivity contribution in [2.24, 2.45) is 0 Å². The Balaban J connectivity index is 1.74. The molecule has 1 N–H and O–H groups in total. The molecule has 2 atom stereocenters. The summed E-state index contributed by atoms with van der Waals surface area (Å²) in [4.78, 5) is 4.23. The molecule has 2 aromatic carbocycles. The van der Waals surface area contributed by atoms with Crippen molar-refractivity contribution in [3.05, 3.63) is 71.4 Å². The van der Waals surface area contributed by atoms with Crippen LogP contribution in [0.5, 0.6) is 5.75 Å². The molecule has 164 valence electrons. The molecule has 4 rings (SSSR count). The lowest BCUT2D eigenvalue weighted by molar-refractivity contribution is -0.267. The number of pyridine rings is 1. The molecule has 3 nitrogen and oxygen atoms in total. The maximum Gasteiger partial charge on any atom is 0.417 e. The fourth-order valence-electron chi connectivity index (χ4n) is 5.01. The number of benzene rings is 2. The predicted molar refractivity (Wildman–Crippen MR) is 114 cm³/mol. The number of fused-ring (bicyclic) bond motifs is 2. The molecule has 0 radical (unpaired) electrons. The number of aryl methyl sites for hydroxylation is 1. The van der Waals surface area contributed by atoms with Gasteiger partial charge in [-0.1, -0.05) is 31.2 Å². The monoisotopic (exact) mass is 429 g/mol. The van der Waals surface area contributed by atoms with Gasteiger partial charge >= 0.3 is 6.18 Å². The average Bonchev–Trinajstić information content (AvgIpc) is 2.73. The molecule has 6 heteroatoms. The van der Waals surface area contributed by atoms with E-state index in [1.165, 1.54) is 6.20 Å². The Morgan fingerprint density at radius 1 is 1.13 bits per heavy atom. The molecule has 0 aliphatic heterocycles. The topological polar surface area (TPSA) is 42.4 Å². The van der Waals surface area contributed by atoms with Crippen LogP contribution in [0.1, 0.15) is 42.9 Å². The Bertz CT molecular complexity index is 1090. The molecule has 0 fully saturated rings. The third-order valence-corrected chi connectivity index (χ3v) is 6.57. The number of methoxy groups -OCH3 is 1. The molecule has 0 saturated carbocycles. The average molecular weight is 429 g/mol. The van der Waals surface area contributed by atoms with Gasteiger partial charge in [0.05, 0.1) is 12.6 Å². The van der Waals surface area contributed by atoms with E-state index in [1.54, 1.807) is 43.5 Å². The lowest BCUT2D eigenvalue weighted by atomic mass is 9.65. The van der Waals surface area contributed by atoms with Crippen LogP contribution in [-0.2, 0) is 18.3 Å². The second kappa shape index (κ2) is 7.83. The Kier molecular flexibility index (Phi) is 5.46. The summed E-state index contributed by atoms with van der Waals surface area (Å²) in [5.74, 6) is 0.692. The first kappa shape index (κ1) is 21.6. The van der Waals surface area contributed by atoms with E-state index in [4.69, 9.17) is 4.74 Å². The Hall–Kier alpha value is -2.60. The molecule has 0 amide bonds. The van der Waals surface area contributed by atoms with Gasteiger partial charge in [-0.25, -0.2) is 0 Å². The second-order valence-corrected chi connectivity index (χ2v) is 8.81. The number of hydrogen-bond acceptors (Lipinski definition) is 3. The molecule has 0 bridgehead atoms. The number of rotatable bonds is 5. The highest BCUT2D eigenvalue weighted by atomic mass is 19.4. The molecule has 1 heterocycles. The summed E-state index contributed by atoms with van der Waals surface area (Å²) in [6, 6.07) is 14.2. The van der Waals surface area contributed by atoms with Gasteiger partial charge in [0.1, 0.15) is 5.75 Å². The first-order valence-corrected chi connectivity index (χ1v) is 10.4. The summed E-state index contributed by atoms with van der Waals surface area (Å²) < 4.78 is 48.3. The first-order valence-electron chi connectivity index (χ1n) is 10.4. The zero-order valence-corrected chi connectivity index (χ0v) is 17.7. The molecule has 2 unspecified atom stereocenters. The van der Waals surface area contributed by atoms with Gasteiger partial charge in [-0.2, -0.15) is 13.2 Å². The minimum absolute atomic E-state index is 0.403. The third kappa shape index (κ3) is 4.01. The predicted octanol–water partition coefficient (Wildman–Crippen LogP) is 5.76. The Labute approximate surface area is 179 Å².